The number of urea groups is 1. The third-order valence-corrected chi connectivity index (χ3v) is 3.59. The molecule has 0 unspecified atom stereocenters. The minimum atomic E-state index is -0.668. The first-order chi connectivity index (χ1) is 13.9. The second-order valence-corrected chi connectivity index (χ2v) is 8.67. The Balaban J connectivity index is 2.18. The van der Waals surface area contributed by atoms with E-state index in [0.717, 1.165) is 0 Å². The maximum Gasteiger partial charge on any atom is 0.340 e. The number of amides is 2. The van der Waals surface area contributed by atoms with Crippen LogP contribution in [-0.4, -0.2) is 29.2 Å². The van der Waals surface area contributed by atoms with E-state index in [4.69, 9.17) is 9.47 Å². The number of nitrogens with one attached hydrogen (secondary N) is 2. The van der Waals surface area contributed by atoms with Crippen molar-refractivity contribution >= 4 is 29.3 Å². The molecule has 0 atom stereocenters. The van der Waals surface area contributed by atoms with Gasteiger partial charge in [-0.3, -0.25) is 0 Å². The molecule has 0 bridgehead atoms. The molecule has 0 aliphatic rings. The van der Waals surface area contributed by atoms with Crippen molar-refractivity contribution in [3.63, 3.8) is 0 Å². The highest BCUT2D eigenvalue weighted by atomic mass is 16.6. The van der Waals surface area contributed by atoms with Crippen LogP contribution in [-0.2, 0) is 9.47 Å². The summed E-state index contributed by atoms with van der Waals surface area (Å²) < 4.78 is 10.8. The number of anilines is 2. The maximum atomic E-state index is 12.6. The molecule has 2 aromatic rings. The highest BCUT2D eigenvalue weighted by Crippen LogP contribution is 2.22. The van der Waals surface area contributed by atoms with Crippen LogP contribution in [0.4, 0.5) is 16.2 Å². The van der Waals surface area contributed by atoms with E-state index in [1.165, 1.54) is 0 Å². The lowest BCUT2D eigenvalue weighted by Gasteiger charge is -2.21. The Morgan fingerprint density at radius 3 is 1.30 bits per heavy atom. The number of carbonyl (C=O) groups excluding carboxylic acids is 3. The van der Waals surface area contributed by atoms with Crippen molar-refractivity contribution in [3.8, 4) is 0 Å². The largest absolute Gasteiger partial charge is 0.456 e. The molecule has 160 valence electrons. The predicted octanol–water partition coefficient (Wildman–Crippen LogP) is 5.24. The first kappa shape index (κ1) is 22.9. The van der Waals surface area contributed by atoms with Gasteiger partial charge in [0.2, 0.25) is 0 Å². The molecule has 0 aliphatic heterocycles. The SMILES string of the molecule is CC(C)(C)OC(=O)c1ccccc1NC(=O)Nc1ccccc1C(=O)OC(C)(C)C. The quantitative estimate of drug-likeness (QED) is 0.670. The average Bonchev–Trinajstić information content (AvgIpc) is 2.59. The lowest BCUT2D eigenvalue weighted by molar-refractivity contribution is 0.00582. The van der Waals surface area contributed by atoms with Gasteiger partial charge in [0, 0.05) is 0 Å². The number of carbonyl (C=O) groups is 3. The normalized spacial score (nSPS) is 11.4. The van der Waals surface area contributed by atoms with Gasteiger partial charge in [0.05, 0.1) is 22.5 Å². The first-order valence-electron chi connectivity index (χ1n) is 9.58. The lowest BCUT2D eigenvalue weighted by Crippen LogP contribution is -2.27. The van der Waals surface area contributed by atoms with Crippen LogP contribution in [0.5, 0.6) is 0 Å². The van der Waals surface area contributed by atoms with E-state index in [9.17, 15) is 14.4 Å². The van der Waals surface area contributed by atoms with Crippen molar-refractivity contribution in [2.75, 3.05) is 10.6 Å². The molecule has 7 heteroatoms. The standard InChI is InChI=1S/C23H28N2O5/c1-22(2,3)29-19(26)15-11-7-9-13-17(15)24-21(28)25-18-14-10-8-12-16(18)20(27)30-23(4,5)6/h7-14H,1-6H3,(H2,24,25,28). The van der Waals surface area contributed by atoms with Crippen LogP contribution in [0.15, 0.2) is 48.5 Å². The molecule has 0 saturated carbocycles. The Bertz CT molecular complexity index is 864. The molecule has 7 nitrogen and oxygen atoms in total. The predicted molar refractivity (Wildman–Crippen MR) is 116 cm³/mol. The van der Waals surface area contributed by atoms with Crippen LogP contribution in [0.3, 0.4) is 0 Å². The number of ether oxygens (including phenoxy) is 2. The van der Waals surface area contributed by atoms with Gasteiger partial charge in [0.25, 0.3) is 0 Å². The summed E-state index contributed by atoms with van der Waals surface area (Å²) in [5.74, 6) is -1.10. The average molecular weight is 412 g/mol. The van der Waals surface area contributed by atoms with Crippen molar-refractivity contribution in [3.05, 3.63) is 59.7 Å². The van der Waals surface area contributed by atoms with E-state index in [0.29, 0.717) is 11.4 Å². The summed E-state index contributed by atoms with van der Waals surface area (Å²) >= 11 is 0. The molecule has 0 aromatic heterocycles. The van der Waals surface area contributed by atoms with Crippen molar-refractivity contribution in [1.29, 1.82) is 0 Å². The molecule has 0 aliphatic carbocycles. The highest BCUT2D eigenvalue weighted by Gasteiger charge is 2.23. The second kappa shape index (κ2) is 8.98. The molecule has 0 radical (unpaired) electrons. The topological polar surface area (TPSA) is 93.7 Å². The van der Waals surface area contributed by atoms with Crippen molar-refractivity contribution < 1.29 is 23.9 Å². The fourth-order valence-corrected chi connectivity index (χ4v) is 2.48. The van der Waals surface area contributed by atoms with Crippen molar-refractivity contribution in [2.45, 2.75) is 52.7 Å². The Morgan fingerprint density at radius 2 is 0.967 bits per heavy atom. The van der Waals surface area contributed by atoms with E-state index < -0.39 is 29.2 Å². The van der Waals surface area contributed by atoms with Crippen LogP contribution in [0.1, 0.15) is 62.3 Å². The number of esters is 2. The van der Waals surface area contributed by atoms with Crippen LogP contribution in [0.2, 0.25) is 0 Å². The molecule has 2 aromatic carbocycles. The summed E-state index contributed by atoms with van der Waals surface area (Å²) in [7, 11) is 0. The molecule has 0 saturated heterocycles. The van der Waals surface area contributed by atoms with Gasteiger partial charge < -0.3 is 20.1 Å². The van der Waals surface area contributed by atoms with E-state index in [1.54, 1.807) is 90.1 Å². The van der Waals surface area contributed by atoms with Crippen LogP contribution in [0.25, 0.3) is 0 Å². The van der Waals surface area contributed by atoms with E-state index in [2.05, 4.69) is 10.6 Å². The zero-order chi connectivity index (χ0) is 22.5. The zero-order valence-corrected chi connectivity index (χ0v) is 18.2. The third kappa shape index (κ3) is 6.92. The van der Waals surface area contributed by atoms with Gasteiger partial charge in [-0.1, -0.05) is 24.3 Å². The highest BCUT2D eigenvalue weighted by molar-refractivity contribution is 6.07. The number of para-hydroxylation sites is 2. The maximum absolute atomic E-state index is 12.6. The number of hydrogen-bond donors (Lipinski definition) is 2. The van der Waals surface area contributed by atoms with Gasteiger partial charge in [-0.25, -0.2) is 14.4 Å². The first-order valence-corrected chi connectivity index (χ1v) is 9.58. The number of rotatable bonds is 4. The summed E-state index contributed by atoms with van der Waals surface area (Å²) in [6.07, 6.45) is 0. The monoisotopic (exact) mass is 412 g/mol. The van der Waals surface area contributed by atoms with Gasteiger partial charge in [0.15, 0.2) is 0 Å². The summed E-state index contributed by atoms with van der Waals surface area (Å²) in [5.41, 5.74) is -0.304. The van der Waals surface area contributed by atoms with E-state index in [-0.39, 0.29) is 11.1 Å². The minimum Gasteiger partial charge on any atom is -0.456 e. The third-order valence-electron chi connectivity index (χ3n) is 3.59. The summed E-state index contributed by atoms with van der Waals surface area (Å²) in [5, 5.41) is 5.27. The van der Waals surface area contributed by atoms with Gasteiger partial charge >= 0.3 is 18.0 Å². The van der Waals surface area contributed by atoms with E-state index in [1.807, 2.05) is 0 Å². The molecule has 2 rings (SSSR count). The van der Waals surface area contributed by atoms with Crippen molar-refractivity contribution in [2.24, 2.45) is 0 Å². The molecule has 30 heavy (non-hydrogen) atoms. The summed E-state index contributed by atoms with van der Waals surface area (Å²) in [4.78, 5) is 37.5. The van der Waals surface area contributed by atoms with Crippen LogP contribution < -0.4 is 10.6 Å². The minimum absolute atomic E-state index is 0.225. The molecular weight excluding hydrogens is 384 g/mol. The van der Waals surface area contributed by atoms with Gasteiger partial charge in [-0.15, -0.1) is 0 Å². The molecule has 0 spiro atoms. The molecular formula is C23H28N2O5. The Kier molecular flexibility index (Phi) is 6.87. The fraction of sp³-hybridized carbons (Fsp3) is 0.348. The van der Waals surface area contributed by atoms with Crippen LogP contribution >= 0.6 is 0 Å². The van der Waals surface area contributed by atoms with Crippen LogP contribution in [0, 0.1) is 0 Å². The fourth-order valence-electron chi connectivity index (χ4n) is 2.48. The molecule has 0 fully saturated rings. The van der Waals surface area contributed by atoms with E-state index >= 15 is 0 Å². The zero-order valence-electron chi connectivity index (χ0n) is 18.2. The summed E-state index contributed by atoms with van der Waals surface area (Å²) in [6, 6.07) is 12.5. The Morgan fingerprint density at radius 1 is 0.633 bits per heavy atom. The Labute approximate surface area is 176 Å². The lowest BCUT2D eigenvalue weighted by atomic mass is 10.1. The molecule has 2 N–H and O–H groups in total. The molecule has 0 heterocycles. The summed E-state index contributed by atoms with van der Waals surface area (Å²) in [6.45, 7) is 10.6. The van der Waals surface area contributed by atoms with Gasteiger partial charge in [-0.2, -0.15) is 0 Å². The van der Waals surface area contributed by atoms with Gasteiger partial charge in [-0.05, 0) is 65.8 Å². The Hall–Kier alpha value is -3.35. The second-order valence-electron chi connectivity index (χ2n) is 8.67. The smallest absolute Gasteiger partial charge is 0.340 e. The van der Waals surface area contributed by atoms with Crippen molar-refractivity contribution in [1.82, 2.24) is 0 Å². The number of benzene rings is 2. The number of hydrogen-bond acceptors (Lipinski definition) is 5. The molecule has 2 amide bonds. The van der Waals surface area contributed by atoms with Gasteiger partial charge in [0.1, 0.15) is 11.2 Å².